The average Bonchev–Trinajstić information content (AvgIpc) is 2.41. The van der Waals surface area contributed by atoms with Crippen LogP contribution >= 0.6 is 11.6 Å². The van der Waals surface area contributed by atoms with Crippen molar-refractivity contribution in [1.29, 1.82) is 0 Å². The summed E-state index contributed by atoms with van der Waals surface area (Å²) in [4.78, 5) is 35.5. The van der Waals surface area contributed by atoms with E-state index >= 15 is 0 Å². The number of benzene rings is 1. The Morgan fingerprint density at radius 3 is 2.86 bits per heavy atom. The van der Waals surface area contributed by atoms with E-state index in [4.69, 9.17) is 16.7 Å². The number of imide groups is 1. The van der Waals surface area contributed by atoms with Crippen molar-refractivity contribution in [1.82, 2.24) is 5.32 Å². The topological polar surface area (TPSA) is 86.7 Å². The fourth-order valence-electron chi connectivity index (χ4n) is 2.08. The van der Waals surface area contributed by atoms with Crippen molar-refractivity contribution in [3.8, 4) is 0 Å². The summed E-state index contributed by atoms with van der Waals surface area (Å²) in [6.07, 6.45) is 2.39. The summed E-state index contributed by atoms with van der Waals surface area (Å²) in [6.45, 7) is 1.66. The van der Waals surface area contributed by atoms with Gasteiger partial charge in [-0.1, -0.05) is 17.7 Å². The van der Waals surface area contributed by atoms with Gasteiger partial charge in [-0.2, -0.15) is 0 Å². The molecule has 0 saturated carbocycles. The van der Waals surface area contributed by atoms with Crippen LogP contribution in [0.1, 0.15) is 12.5 Å². The minimum absolute atomic E-state index is 0.00115. The van der Waals surface area contributed by atoms with Gasteiger partial charge >= 0.3 is 5.97 Å². The molecule has 7 heteroatoms. The predicted molar refractivity (Wildman–Crippen MR) is 78.1 cm³/mol. The van der Waals surface area contributed by atoms with Crippen molar-refractivity contribution in [3.63, 3.8) is 0 Å². The van der Waals surface area contributed by atoms with E-state index in [1.807, 2.05) is 0 Å². The minimum atomic E-state index is -1.09. The third kappa shape index (κ3) is 3.41. The molecular formula is C14H13ClN2O4. The number of carboxylic acids is 1. The number of rotatable bonds is 3. The molecule has 1 heterocycles. The van der Waals surface area contributed by atoms with E-state index in [9.17, 15) is 14.4 Å². The fourth-order valence-corrected chi connectivity index (χ4v) is 2.24. The Morgan fingerprint density at radius 2 is 2.19 bits per heavy atom. The Kier molecular flexibility index (Phi) is 4.28. The Balaban J connectivity index is 2.45. The second kappa shape index (κ2) is 5.97. The van der Waals surface area contributed by atoms with E-state index in [0.29, 0.717) is 16.3 Å². The van der Waals surface area contributed by atoms with Gasteiger partial charge in [0.05, 0.1) is 6.54 Å². The van der Waals surface area contributed by atoms with Crippen LogP contribution in [0.3, 0.4) is 0 Å². The average molecular weight is 309 g/mol. The Hall–Kier alpha value is -2.34. The highest BCUT2D eigenvalue weighted by Gasteiger charge is 2.31. The van der Waals surface area contributed by atoms with Crippen LogP contribution in [-0.2, 0) is 14.4 Å². The zero-order valence-corrected chi connectivity index (χ0v) is 11.9. The predicted octanol–water partition coefficient (Wildman–Crippen LogP) is 1.29. The van der Waals surface area contributed by atoms with Gasteiger partial charge in [0.15, 0.2) is 0 Å². The van der Waals surface area contributed by atoms with Crippen molar-refractivity contribution in [2.45, 2.75) is 13.0 Å². The zero-order chi connectivity index (χ0) is 15.6. The first-order valence-electron chi connectivity index (χ1n) is 6.19. The maximum atomic E-state index is 11.7. The summed E-state index contributed by atoms with van der Waals surface area (Å²) in [5.74, 6) is -1.90. The van der Waals surface area contributed by atoms with E-state index in [0.717, 1.165) is 6.08 Å². The maximum Gasteiger partial charge on any atom is 0.328 e. The smallest absolute Gasteiger partial charge is 0.328 e. The largest absolute Gasteiger partial charge is 0.478 e. The van der Waals surface area contributed by atoms with Crippen molar-refractivity contribution in [2.24, 2.45) is 0 Å². The molecule has 2 rings (SSSR count). The first kappa shape index (κ1) is 15.1. The van der Waals surface area contributed by atoms with Crippen LogP contribution in [0.25, 0.3) is 6.08 Å². The second-order valence-corrected chi connectivity index (χ2v) is 5.03. The summed E-state index contributed by atoms with van der Waals surface area (Å²) in [7, 11) is 0. The molecule has 0 aromatic heterocycles. The Bertz CT molecular complexity index is 642. The Labute approximate surface area is 126 Å². The number of carbonyl (C=O) groups excluding carboxylic acids is 2. The van der Waals surface area contributed by atoms with Crippen LogP contribution in [0.2, 0.25) is 5.02 Å². The van der Waals surface area contributed by atoms with Gasteiger partial charge in [-0.15, -0.1) is 0 Å². The molecule has 1 aliphatic rings. The summed E-state index contributed by atoms with van der Waals surface area (Å²) >= 11 is 5.97. The first-order chi connectivity index (χ1) is 9.88. The lowest BCUT2D eigenvalue weighted by atomic mass is 10.1. The lowest BCUT2D eigenvalue weighted by molar-refractivity contribution is -0.133. The van der Waals surface area contributed by atoms with E-state index in [2.05, 4.69) is 5.32 Å². The van der Waals surface area contributed by atoms with Gasteiger partial charge in [-0.25, -0.2) is 4.79 Å². The minimum Gasteiger partial charge on any atom is -0.478 e. The number of aliphatic carboxylic acids is 1. The molecule has 6 nitrogen and oxygen atoms in total. The van der Waals surface area contributed by atoms with Crippen LogP contribution in [0, 0.1) is 0 Å². The van der Waals surface area contributed by atoms with E-state index in [-0.39, 0.29) is 6.54 Å². The molecule has 0 bridgehead atoms. The summed E-state index contributed by atoms with van der Waals surface area (Å²) in [5, 5.41) is 11.4. The molecule has 1 fully saturated rings. The number of nitrogens with one attached hydrogen (secondary N) is 1. The number of carbonyl (C=O) groups is 3. The highest BCUT2D eigenvalue weighted by Crippen LogP contribution is 2.28. The van der Waals surface area contributed by atoms with Gasteiger partial charge in [-0.05, 0) is 30.7 Å². The van der Waals surface area contributed by atoms with Gasteiger partial charge in [0.2, 0.25) is 11.8 Å². The van der Waals surface area contributed by atoms with E-state index < -0.39 is 23.8 Å². The first-order valence-corrected chi connectivity index (χ1v) is 6.57. The van der Waals surface area contributed by atoms with Crippen LogP contribution in [0.15, 0.2) is 24.3 Å². The lowest BCUT2D eigenvalue weighted by Crippen LogP contribution is -2.57. The number of hydrogen-bond acceptors (Lipinski definition) is 4. The van der Waals surface area contributed by atoms with E-state index in [1.165, 1.54) is 6.08 Å². The van der Waals surface area contributed by atoms with Gasteiger partial charge in [0.25, 0.3) is 0 Å². The quantitative estimate of drug-likeness (QED) is 0.649. The molecule has 1 unspecified atom stereocenters. The van der Waals surface area contributed by atoms with Gasteiger partial charge < -0.3 is 10.0 Å². The second-order valence-electron chi connectivity index (χ2n) is 4.59. The summed E-state index contributed by atoms with van der Waals surface area (Å²) in [5.41, 5.74) is 1.10. The highest BCUT2D eigenvalue weighted by atomic mass is 35.5. The van der Waals surface area contributed by atoms with Gasteiger partial charge in [0, 0.05) is 16.8 Å². The standard InChI is InChI=1S/C14H13ClN2O4/c1-8-14(21)16-12(18)7-17(8)11-6-10(15)4-2-9(11)3-5-13(19)20/h2-6,8H,7H2,1H3,(H,19,20)(H,16,18,21)/b5-3+. The van der Waals surface area contributed by atoms with Crippen LogP contribution in [0.5, 0.6) is 0 Å². The molecule has 110 valence electrons. The molecule has 21 heavy (non-hydrogen) atoms. The van der Waals surface area contributed by atoms with Crippen LogP contribution in [0.4, 0.5) is 5.69 Å². The molecule has 1 aromatic carbocycles. The molecule has 1 saturated heterocycles. The molecule has 0 aliphatic carbocycles. The van der Waals surface area contributed by atoms with Gasteiger partial charge in [-0.3, -0.25) is 14.9 Å². The number of nitrogens with zero attached hydrogens (tertiary/aromatic N) is 1. The SMILES string of the molecule is CC1C(=O)NC(=O)CN1c1cc(Cl)ccc1/C=C/C(=O)O. The normalized spacial score (nSPS) is 19.0. The molecule has 1 aliphatic heterocycles. The third-order valence-electron chi connectivity index (χ3n) is 3.13. The van der Waals surface area contributed by atoms with Crippen molar-refractivity contribution >= 4 is 41.1 Å². The number of piperazine rings is 1. The number of halogens is 1. The number of hydrogen-bond donors (Lipinski definition) is 2. The maximum absolute atomic E-state index is 11.7. The monoisotopic (exact) mass is 308 g/mol. The molecule has 1 atom stereocenters. The zero-order valence-electron chi connectivity index (χ0n) is 11.2. The third-order valence-corrected chi connectivity index (χ3v) is 3.37. The van der Waals surface area contributed by atoms with Crippen LogP contribution < -0.4 is 10.2 Å². The van der Waals surface area contributed by atoms with Crippen molar-refractivity contribution in [3.05, 3.63) is 34.9 Å². The number of carboxylic acid groups (broad SMARTS) is 1. The molecule has 2 N–H and O–H groups in total. The number of amides is 2. The Morgan fingerprint density at radius 1 is 1.48 bits per heavy atom. The fraction of sp³-hybridized carbons (Fsp3) is 0.214. The molecule has 0 radical (unpaired) electrons. The van der Waals surface area contributed by atoms with Crippen molar-refractivity contribution < 1.29 is 19.5 Å². The summed E-state index contributed by atoms with van der Waals surface area (Å²) in [6, 6.07) is 4.30. The van der Waals surface area contributed by atoms with Gasteiger partial charge in [0.1, 0.15) is 6.04 Å². The van der Waals surface area contributed by atoms with Crippen molar-refractivity contribution in [2.75, 3.05) is 11.4 Å². The number of anilines is 1. The molecular weight excluding hydrogens is 296 g/mol. The molecule has 0 spiro atoms. The van der Waals surface area contributed by atoms with Crippen LogP contribution in [-0.4, -0.2) is 35.5 Å². The highest BCUT2D eigenvalue weighted by molar-refractivity contribution is 6.31. The van der Waals surface area contributed by atoms with E-state index in [1.54, 1.807) is 30.0 Å². The summed E-state index contributed by atoms with van der Waals surface area (Å²) < 4.78 is 0. The molecule has 2 amide bonds. The molecule has 1 aromatic rings. The lowest BCUT2D eigenvalue weighted by Gasteiger charge is -2.34.